The molecule has 1 aromatic carbocycles. The fraction of sp³-hybridized carbons (Fsp3) is 0.190. The number of para-hydroxylation sites is 1. The summed E-state index contributed by atoms with van der Waals surface area (Å²) >= 11 is 2.99. The number of anilines is 1. The first-order valence-electron chi connectivity index (χ1n) is 9.39. The molecule has 0 bridgehead atoms. The number of ether oxygens (including phenoxy) is 1. The second-order valence-corrected chi connectivity index (χ2v) is 8.35. The van der Waals surface area contributed by atoms with Gasteiger partial charge in [0.2, 0.25) is 5.76 Å². The van der Waals surface area contributed by atoms with Crippen molar-refractivity contribution >= 4 is 51.1 Å². The lowest BCUT2D eigenvalue weighted by molar-refractivity contribution is 0.0285. The second-order valence-electron chi connectivity index (χ2n) is 6.71. The summed E-state index contributed by atoms with van der Waals surface area (Å²) < 4.78 is 11.2. The molecule has 0 radical (unpaired) electrons. The molecule has 9 heteroatoms. The molecular formula is C21H17N3O4S2. The van der Waals surface area contributed by atoms with Crippen molar-refractivity contribution in [3.8, 4) is 10.6 Å². The van der Waals surface area contributed by atoms with Crippen LogP contribution in [0.25, 0.3) is 21.5 Å². The Morgan fingerprint density at radius 3 is 2.73 bits per heavy atom. The van der Waals surface area contributed by atoms with Gasteiger partial charge in [-0.2, -0.15) is 11.3 Å². The Morgan fingerprint density at radius 1 is 1.10 bits per heavy atom. The number of carbonyl (C=O) groups is 2. The molecule has 152 valence electrons. The fourth-order valence-electron chi connectivity index (χ4n) is 3.30. The smallest absolute Gasteiger partial charge is 0.291 e. The van der Waals surface area contributed by atoms with E-state index in [0.717, 1.165) is 10.6 Å². The highest BCUT2D eigenvalue weighted by molar-refractivity contribution is 7.14. The maximum Gasteiger partial charge on any atom is 0.291 e. The van der Waals surface area contributed by atoms with E-state index in [1.165, 1.54) is 11.3 Å². The number of benzene rings is 1. The molecule has 1 aliphatic heterocycles. The van der Waals surface area contributed by atoms with E-state index >= 15 is 0 Å². The van der Waals surface area contributed by atoms with Gasteiger partial charge < -0.3 is 19.4 Å². The normalized spacial score (nSPS) is 14.2. The van der Waals surface area contributed by atoms with E-state index in [9.17, 15) is 9.59 Å². The first-order chi connectivity index (χ1) is 14.7. The Bertz CT molecular complexity index is 1210. The number of fused-ring (bicyclic) bond motifs is 1. The average Bonchev–Trinajstić information content (AvgIpc) is 3.53. The van der Waals surface area contributed by atoms with Gasteiger partial charge in [-0.3, -0.25) is 9.59 Å². The van der Waals surface area contributed by atoms with Crippen LogP contribution >= 0.6 is 22.7 Å². The Morgan fingerprint density at radius 2 is 1.93 bits per heavy atom. The lowest BCUT2D eigenvalue weighted by Crippen LogP contribution is -2.40. The number of amides is 2. The van der Waals surface area contributed by atoms with E-state index in [1.54, 1.807) is 27.7 Å². The van der Waals surface area contributed by atoms with Crippen molar-refractivity contribution < 1.29 is 18.7 Å². The Balaban J connectivity index is 1.47. The van der Waals surface area contributed by atoms with Crippen molar-refractivity contribution in [1.29, 1.82) is 0 Å². The molecule has 0 saturated carbocycles. The third-order valence-electron chi connectivity index (χ3n) is 4.83. The van der Waals surface area contributed by atoms with Gasteiger partial charge in [0.1, 0.15) is 22.0 Å². The molecule has 5 rings (SSSR count). The Kier molecular flexibility index (Phi) is 5.07. The summed E-state index contributed by atoms with van der Waals surface area (Å²) in [5.41, 5.74) is 2.20. The van der Waals surface area contributed by atoms with Gasteiger partial charge in [-0.25, -0.2) is 4.98 Å². The predicted octanol–water partition coefficient (Wildman–Crippen LogP) is 4.34. The quantitative estimate of drug-likeness (QED) is 0.511. The van der Waals surface area contributed by atoms with Gasteiger partial charge in [0.25, 0.3) is 11.8 Å². The lowest BCUT2D eigenvalue weighted by atomic mass is 10.2. The monoisotopic (exact) mass is 439 g/mol. The van der Waals surface area contributed by atoms with E-state index in [4.69, 9.17) is 9.15 Å². The summed E-state index contributed by atoms with van der Waals surface area (Å²) in [6.07, 6.45) is 0. The number of hydrogen-bond acceptors (Lipinski definition) is 7. The van der Waals surface area contributed by atoms with Crippen LogP contribution in [0.3, 0.4) is 0 Å². The SMILES string of the molecule is O=C(Nc1c(C(=O)N2CCOCC2)oc2ccccc12)c1csc(-c2ccsc2)n1. The van der Waals surface area contributed by atoms with Crippen LogP contribution in [-0.4, -0.2) is 48.0 Å². The minimum atomic E-state index is -0.379. The zero-order valence-corrected chi connectivity index (χ0v) is 17.4. The molecule has 0 aliphatic carbocycles. The van der Waals surface area contributed by atoms with Crippen LogP contribution in [0.4, 0.5) is 5.69 Å². The van der Waals surface area contributed by atoms with Crippen molar-refractivity contribution in [3.63, 3.8) is 0 Å². The third kappa shape index (κ3) is 3.51. The zero-order valence-electron chi connectivity index (χ0n) is 15.8. The summed E-state index contributed by atoms with van der Waals surface area (Å²) in [4.78, 5) is 32.1. The number of nitrogens with one attached hydrogen (secondary N) is 1. The summed E-state index contributed by atoms with van der Waals surface area (Å²) in [5, 5.41) is 10.00. The average molecular weight is 440 g/mol. The molecule has 1 N–H and O–H groups in total. The number of aromatic nitrogens is 1. The molecule has 0 atom stereocenters. The molecule has 30 heavy (non-hydrogen) atoms. The van der Waals surface area contributed by atoms with Crippen molar-refractivity contribution in [1.82, 2.24) is 9.88 Å². The van der Waals surface area contributed by atoms with Gasteiger partial charge in [0.15, 0.2) is 0 Å². The van der Waals surface area contributed by atoms with Crippen molar-refractivity contribution in [2.75, 3.05) is 31.6 Å². The maximum atomic E-state index is 13.1. The number of nitrogens with zero attached hydrogens (tertiary/aromatic N) is 2. The minimum Gasteiger partial charge on any atom is -0.449 e. The minimum absolute atomic E-state index is 0.125. The molecule has 1 aliphatic rings. The predicted molar refractivity (Wildman–Crippen MR) is 116 cm³/mol. The number of carbonyl (C=O) groups excluding carboxylic acids is 2. The van der Waals surface area contributed by atoms with Crippen LogP contribution in [0, 0.1) is 0 Å². The zero-order chi connectivity index (χ0) is 20.5. The number of hydrogen-bond donors (Lipinski definition) is 1. The van der Waals surface area contributed by atoms with Gasteiger partial charge in [0, 0.05) is 34.8 Å². The summed E-state index contributed by atoms with van der Waals surface area (Å²) in [7, 11) is 0. The number of morpholine rings is 1. The summed E-state index contributed by atoms with van der Waals surface area (Å²) in [6.45, 7) is 1.94. The molecule has 1 fully saturated rings. The van der Waals surface area contributed by atoms with Gasteiger partial charge in [-0.05, 0) is 23.6 Å². The van der Waals surface area contributed by atoms with E-state index in [1.807, 2.05) is 35.0 Å². The summed E-state index contributed by atoms with van der Waals surface area (Å²) in [6, 6.07) is 9.23. The van der Waals surface area contributed by atoms with Crippen LogP contribution in [0.2, 0.25) is 0 Å². The number of furan rings is 1. The fourth-order valence-corrected chi connectivity index (χ4v) is 4.82. The van der Waals surface area contributed by atoms with Crippen LogP contribution < -0.4 is 5.32 Å². The van der Waals surface area contributed by atoms with E-state index < -0.39 is 0 Å². The summed E-state index contributed by atoms with van der Waals surface area (Å²) in [5.74, 6) is -0.517. The largest absolute Gasteiger partial charge is 0.449 e. The van der Waals surface area contributed by atoms with Gasteiger partial charge in [0.05, 0.1) is 13.2 Å². The standard InChI is InChI=1S/C21H17N3O4S2/c25-19(15-12-30-20(22-15)13-5-10-29-11-13)23-17-14-3-1-2-4-16(14)28-18(17)21(26)24-6-8-27-9-7-24/h1-5,10-12H,6-9H2,(H,23,25). The number of rotatable bonds is 4. The van der Waals surface area contributed by atoms with Crippen LogP contribution in [0.1, 0.15) is 21.0 Å². The molecule has 1 saturated heterocycles. The van der Waals surface area contributed by atoms with Crippen molar-refractivity contribution in [3.05, 3.63) is 57.9 Å². The molecule has 2 amide bonds. The number of thiazole rings is 1. The molecule has 3 aromatic heterocycles. The highest BCUT2D eigenvalue weighted by atomic mass is 32.1. The molecule has 4 aromatic rings. The Labute approximate surface area is 179 Å². The van der Waals surface area contributed by atoms with E-state index in [2.05, 4.69) is 10.3 Å². The van der Waals surface area contributed by atoms with Crippen LogP contribution in [0.5, 0.6) is 0 Å². The number of thiophene rings is 1. The maximum absolute atomic E-state index is 13.1. The highest BCUT2D eigenvalue weighted by Gasteiger charge is 2.28. The van der Waals surface area contributed by atoms with E-state index in [-0.39, 0.29) is 17.6 Å². The van der Waals surface area contributed by atoms with Gasteiger partial charge in [-0.1, -0.05) is 12.1 Å². The Hall–Kier alpha value is -3.01. The first kappa shape index (κ1) is 19.0. The molecule has 0 spiro atoms. The van der Waals surface area contributed by atoms with E-state index in [0.29, 0.717) is 48.7 Å². The van der Waals surface area contributed by atoms with Crippen LogP contribution in [-0.2, 0) is 4.74 Å². The van der Waals surface area contributed by atoms with Crippen molar-refractivity contribution in [2.45, 2.75) is 0 Å². The molecular weight excluding hydrogens is 422 g/mol. The third-order valence-corrected chi connectivity index (χ3v) is 6.41. The van der Waals surface area contributed by atoms with Gasteiger partial charge in [-0.15, -0.1) is 11.3 Å². The van der Waals surface area contributed by atoms with Crippen molar-refractivity contribution in [2.24, 2.45) is 0 Å². The molecule has 7 nitrogen and oxygen atoms in total. The topological polar surface area (TPSA) is 84.7 Å². The lowest BCUT2D eigenvalue weighted by Gasteiger charge is -2.26. The van der Waals surface area contributed by atoms with Gasteiger partial charge >= 0.3 is 0 Å². The second kappa shape index (κ2) is 8.02. The first-order valence-corrected chi connectivity index (χ1v) is 11.2. The molecule has 4 heterocycles. The van der Waals surface area contributed by atoms with Crippen LogP contribution in [0.15, 0.2) is 50.9 Å². The molecule has 0 unspecified atom stereocenters. The highest BCUT2D eigenvalue weighted by Crippen LogP contribution is 2.33.